The van der Waals surface area contributed by atoms with E-state index in [1.807, 2.05) is 25.1 Å². The Labute approximate surface area is 175 Å². The summed E-state index contributed by atoms with van der Waals surface area (Å²) < 4.78 is 16.8. The maximum atomic E-state index is 13.1. The molecule has 3 heterocycles. The number of fused-ring (bicyclic) bond motifs is 2. The SMILES string of the molecule is Cc1cc(O)c(CN2CCCC(C)C2)c2c1C(=O)/C(=C\c1ccc3c(c1)OCO3)O2. The minimum atomic E-state index is -0.159. The summed E-state index contributed by atoms with van der Waals surface area (Å²) in [5.41, 5.74) is 2.74. The van der Waals surface area contributed by atoms with Crippen molar-refractivity contribution in [1.29, 1.82) is 0 Å². The van der Waals surface area contributed by atoms with Crippen molar-refractivity contribution in [1.82, 2.24) is 4.90 Å². The molecule has 0 amide bonds. The summed E-state index contributed by atoms with van der Waals surface area (Å²) in [4.78, 5) is 15.4. The first-order valence-electron chi connectivity index (χ1n) is 10.4. The summed E-state index contributed by atoms with van der Waals surface area (Å²) in [5, 5.41) is 10.7. The molecule has 30 heavy (non-hydrogen) atoms. The van der Waals surface area contributed by atoms with Crippen LogP contribution in [-0.2, 0) is 6.54 Å². The van der Waals surface area contributed by atoms with Gasteiger partial charge in [-0.1, -0.05) is 13.0 Å². The van der Waals surface area contributed by atoms with E-state index in [1.54, 1.807) is 12.1 Å². The van der Waals surface area contributed by atoms with Crippen molar-refractivity contribution in [3.05, 3.63) is 52.3 Å². The topological polar surface area (TPSA) is 68.2 Å². The van der Waals surface area contributed by atoms with E-state index in [2.05, 4.69) is 11.8 Å². The number of ketones is 1. The first-order chi connectivity index (χ1) is 14.5. The first-order valence-corrected chi connectivity index (χ1v) is 10.4. The molecule has 0 bridgehead atoms. The van der Waals surface area contributed by atoms with Gasteiger partial charge in [-0.2, -0.15) is 0 Å². The smallest absolute Gasteiger partial charge is 0.232 e. The number of ether oxygens (including phenoxy) is 3. The number of piperidine rings is 1. The number of Topliss-reactive ketones (excluding diaryl/α,β-unsaturated/α-hetero) is 1. The largest absolute Gasteiger partial charge is 0.507 e. The second-order valence-corrected chi connectivity index (χ2v) is 8.43. The van der Waals surface area contributed by atoms with Crippen LogP contribution in [-0.4, -0.2) is 35.7 Å². The van der Waals surface area contributed by atoms with Crippen molar-refractivity contribution in [2.75, 3.05) is 19.9 Å². The van der Waals surface area contributed by atoms with Crippen molar-refractivity contribution in [3.63, 3.8) is 0 Å². The van der Waals surface area contributed by atoms with Gasteiger partial charge >= 0.3 is 0 Å². The molecule has 0 aliphatic carbocycles. The van der Waals surface area contributed by atoms with Crippen LogP contribution in [0.4, 0.5) is 0 Å². The fraction of sp³-hybridized carbons (Fsp3) is 0.375. The molecule has 1 saturated heterocycles. The molecular weight excluding hydrogens is 382 g/mol. The normalized spacial score (nSPS) is 21.7. The van der Waals surface area contributed by atoms with Crippen LogP contribution in [0.25, 0.3) is 6.08 Å². The molecule has 0 aromatic heterocycles. The maximum absolute atomic E-state index is 13.1. The van der Waals surface area contributed by atoms with Crippen LogP contribution in [0.2, 0.25) is 0 Å². The molecule has 0 saturated carbocycles. The van der Waals surface area contributed by atoms with E-state index in [0.29, 0.717) is 40.8 Å². The van der Waals surface area contributed by atoms with Crippen LogP contribution < -0.4 is 14.2 Å². The van der Waals surface area contributed by atoms with Crippen LogP contribution >= 0.6 is 0 Å². The molecule has 3 aliphatic heterocycles. The molecule has 2 aromatic carbocycles. The van der Waals surface area contributed by atoms with Crippen molar-refractivity contribution in [2.24, 2.45) is 5.92 Å². The van der Waals surface area contributed by atoms with E-state index in [9.17, 15) is 9.90 Å². The van der Waals surface area contributed by atoms with Gasteiger partial charge < -0.3 is 19.3 Å². The van der Waals surface area contributed by atoms with Gasteiger partial charge in [-0.05, 0) is 67.6 Å². The number of hydrogen-bond donors (Lipinski definition) is 1. The zero-order valence-electron chi connectivity index (χ0n) is 17.2. The Morgan fingerprint density at radius 3 is 2.90 bits per heavy atom. The third-order valence-electron chi connectivity index (χ3n) is 6.04. The highest BCUT2D eigenvalue weighted by atomic mass is 16.7. The van der Waals surface area contributed by atoms with Crippen LogP contribution in [0.5, 0.6) is 23.0 Å². The highest BCUT2D eigenvalue weighted by Gasteiger charge is 2.34. The Morgan fingerprint density at radius 2 is 2.07 bits per heavy atom. The molecule has 0 radical (unpaired) electrons. The van der Waals surface area contributed by atoms with Gasteiger partial charge in [-0.15, -0.1) is 0 Å². The van der Waals surface area contributed by atoms with E-state index in [0.717, 1.165) is 30.6 Å². The number of nitrogens with zero attached hydrogens (tertiary/aromatic N) is 1. The molecule has 1 atom stereocenters. The number of carbonyl (C=O) groups is 1. The van der Waals surface area contributed by atoms with Crippen LogP contribution in [0.15, 0.2) is 30.0 Å². The lowest BCUT2D eigenvalue weighted by atomic mass is 9.97. The summed E-state index contributed by atoms with van der Waals surface area (Å²) in [7, 11) is 0. The lowest BCUT2D eigenvalue weighted by Gasteiger charge is -2.31. The summed E-state index contributed by atoms with van der Waals surface area (Å²) in [6, 6.07) is 7.18. The molecule has 1 unspecified atom stereocenters. The highest BCUT2D eigenvalue weighted by molar-refractivity contribution is 6.15. The third-order valence-corrected chi connectivity index (χ3v) is 6.04. The number of rotatable bonds is 3. The van der Waals surface area contributed by atoms with Gasteiger partial charge in [0.2, 0.25) is 12.6 Å². The van der Waals surface area contributed by atoms with E-state index in [-0.39, 0.29) is 24.1 Å². The third kappa shape index (κ3) is 3.31. The van der Waals surface area contributed by atoms with E-state index >= 15 is 0 Å². The number of carbonyl (C=O) groups excluding carboxylic acids is 1. The molecule has 0 spiro atoms. The Hall–Kier alpha value is -2.99. The van der Waals surface area contributed by atoms with Gasteiger partial charge in [0.05, 0.1) is 11.1 Å². The summed E-state index contributed by atoms with van der Waals surface area (Å²) in [6.45, 7) is 6.82. The minimum Gasteiger partial charge on any atom is -0.507 e. The monoisotopic (exact) mass is 407 g/mol. The number of phenols is 1. The molecule has 5 rings (SSSR count). The lowest BCUT2D eigenvalue weighted by Crippen LogP contribution is -2.33. The lowest BCUT2D eigenvalue weighted by molar-refractivity contribution is 0.101. The van der Waals surface area contributed by atoms with E-state index in [1.165, 1.54) is 6.42 Å². The van der Waals surface area contributed by atoms with E-state index < -0.39 is 0 Å². The summed E-state index contributed by atoms with van der Waals surface area (Å²) in [6.07, 6.45) is 4.09. The standard InChI is InChI=1S/C24H25NO5/c1-14-4-3-7-25(11-14)12-17-18(26)8-15(2)22-23(27)21(30-24(17)22)10-16-5-6-19-20(9-16)29-13-28-19/h5-6,8-10,14,26H,3-4,7,11-13H2,1-2H3/b21-10+. The van der Waals surface area contributed by atoms with Crippen molar-refractivity contribution in [2.45, 2.75) is 33.2 Å². The number of likely N-dealkylation sites (tertiary alicyclic amines) is 1. The number of aromatic hydroxyl groups is 1. The Kier molecular flexibility index (Phi) is 4.66. The van der Waals surface area contributed by atoms with Crippen LogP contribution in [0.1, 0.15) is 46.8 Å². The number of hydrogen-bond acceptors (Lipinski definition) is 6. The summed E-state index contributed by atoms with van der Waals surface area (Å²) in [5.74, 6) is 2.74. The van der Waals surface area contributed by atoms with Gasteiger partial charge in [-0.3, -0.25) is 9.69 Å². The molecule has 156 valence electrons. The van der Waals surface area contributed by atoms with E-state index in [4.69, 9.17) is 14.2 Å². The molecular formula is C24H25NO5. The molecule has 2 aromatic rings. The second-order valence-electron chi connectivity index (χ2n) is 8.43. The minimum absolute atomic E-state index is 0.159. The Balaban J connectivity index is 1.48. The zero-order valence-corrected chi connectivity index (χ0v) is 17.2. The quantitative estimate of drug-likeness (QED) is 0.766. The fourth-order valence-corrected chi connectivity index (χ4v) is 4.54. The van der Waals surface area contributed by atoms with Gasteiger partial charge in [0.1, 0.15) is 11.5 Å². The van der Waals surface area contributed by atoms with Gasteiger partial charge in [0.25, 0.3) is 0 Å². The average Bonchev–Trinajstić information content (AvgIpc) is 3.30. The van der Waals surface area contributed by atoms with Gasteiger partial charge in [0, 0.05) is 13.1 Å². The number of allylic oxidation sites excluding steroid dienone is 1. The predicted octanol–water partition coefficient (Wildman–Crippen LogP) is 4.28. The molecule has 6 nitrogen and oxygen atoms in total. The maximum Gasteiger partial charge on any atom is 0.232 e. The molecule has 1 N–H and O–H groups in total. The van der Waals surface area contributed by atoms with Gasteiger partial charge in [0.15, 0.2) is 17.3 Å². The predicted molar refractivity (Wildman–Crippen MR) is 112 cm³/mol. The van der Waals surface area contributed by atoms with Gasteiger partial charge in [-0.25, -0.2) is 0 Å². The zero-order chi connectivity index (χ0) is 20.8. The Morgan fingerprint density at radius 1 is 1.23 bits per heavy atom. The molecule has 6 heteroatoms. The average molecular weight is 407 g/mol. The first kappa shape index (κ1) is 19.0. The number of aryl methyl sites for hydroxylation is 1. The molecule has 1 fully saturated rings. The highest BCUT2D eigenvalue weighted by Crippen LogP contribution is 2.43. The van der Waals surface area contributed by atoms with Crippen LogP contribution in [0, 0.1) is 12.8 Å². The summed E-state index contributed by atoms with van der Waals surface area (Å²) >= 11 is 0. The van der Waals surface area contributed by atoms with Crippen molar-refractivity contribution >= 4 is 11.9 Å². The fourth-order valence-electron chi connectivity index (χ4n) is 4.54. The Bertz CT molecular complexity index is 1060. The van der Waals surface area contributed by atoms with Crippen molar-refractivity contribution < 1.29 is 24.1 Å². The van der Waals surface area contributed by atoms with Crippen molar-refractivity contribution in [3.8, 4) is 23.0 Å². The molecule has 3 aliphatic rings. The van der Waals surface area contributed by atoms with Crippen LogP contribution in [0.3, 0.4) is 0 Å². The number of phenolic OH excluding ortho intramolecular Hbond substituents is 1. The second kappa shape index (κ2) is 7.36. The number of benzene rings is 2.